The number of hydrogen-bond acceptors (Lipinski definition) is 8. The first kappa shape index (κ1) is 24.4. The molecule has 10 nitrogen and oxygen atoms in total. The number of urea groups is 1. The molecule has 2 rings (SSSR count). The van der Waals surface area contributed by atoms with Crippen LogP contribution >= 0.6 is 0 Å². The molecule has 2 heterocycles. The third-order valence-electron chi connectivity index (χ3n) is 4.48. The number of carbonyl (C=O) groups is 1. The van der Waals surface area contributed by atoms with Gasteiger partial charge in [-0.2, -0.15) is 0 Å². The number of sulfonamides is 1. The van der Waals surface area contributed by atoms with Crippen molar-refractivity contribution in [2.75, 3.05) is 25.1 Å². The molecule has 11 heteroatoms. The van der Waals surface area contributed by atoms with E-state index in [1.165, 1.54) is 0 Å². The lowest BCUT2D eigenvalue weighted by Crippen LogP contribution is -2.38. The van der Waals surface area contributed by atoms with Crippen LogP contribution in [0, 0.1) is 5.41 Å². The van der Waals surface area contributed by atoms with E-state index >= 15 is 0 Å². The average molecular weight is 454 g/mol. The van der Waals surface area contributed by atoms with Crippen LogP contribution < -0.4 is 20.1 Å². The van der Waals surface area contributed by atoms with E-state index in [1.54, 1.807) is 6.07 Å². The molecule has 0 atom stereocenters. The molecule has 31 heavy (non-hydrogen) atoms. The fraction of sp³-hybridized carbons (Fsp3) is 0.550. The van der Waals surface area contributed by atoms with Crippen molar-refractivity contribution in [3.63, 3.8) is 0 Å². The summed E-state index contributed by atoms with van der Waals surface area (Å²) in [5.74, 6) is 0.370. The molecule has 0 spiro atoms. The summed E-state index contributed by atoms with van der Waals surface area (Å²) < 4.78 is 38.2. The minimum absolute atomic E-state index is 0.0192. The normalized spacial score (nSPS) is 15.7. The maximum absolute atomic E-state index is 12.7. The molecule has 0 bridgehead atoms. The lowest BCUT2D eigenvalue weighted by atomic mass is 9.97. The largest absolute Gasteiger partial charge is 0.478 e. The Bertz CT molecular complexity index is 920. The summed E-state index contributed by atoms with van der Waals surface area (Å²) in [6, 6.07) is 0.792. The van der Waals surface area contributed by atoms with E-state index in [1.807, 2.05) is 39.3 Å². The first-order valence-electron chi connectivity index (χ1n) is 10.2. The molecule has 172 valence electrons. The van der Waals surface area contributed by atoms with Crippen LogP contribution in [0.1, 0.15) is 64.1 Å². The second kappa shape index (κ2) is 10.5. The van der Waals surface area contributed by atoms with Gasteiger partial charge in [-0.3, -0.25) is 0 Å². The molecule has 1 saturated heterocycles. The van der Waals surface area contributed by atoms with Crippen LogP contribution in [0.5, 0.6) is 5.88 Å². The minimum Gasteiger partial charge on any atom is -0.478 e. The van der Waals surface area contributed by atoms with Gasteiger partial charge in [0.15, 0.2) is 4.91 Å². The van der Waals surface area contributed by atoms with Crippen molar-refractivity contribution in [1.82, 2.24) is 15.0 Å². The number of hydrogen-bond donors (Lipinski definition) is 4. The Labute approximate surface area is 183 Å². The van der Waals surface area contributed by atoms with Crippen LogP contribution in [0.15, 0.2) is 16.9 Å². The maximum Gasteiger partial charge on any atom is 0.333 e. The molecule has 0 saturated carbocycles. The summed E-state index contributed by atoms with van der Waals surface area (Å²) in [4.78, 5) is 16.7. The van der Waals surface area contributed by atoms with Crippen molar-refractivity contribution in [2.24, 2.45) is 0 Å². The Morgan fingerprint density at radius 2 is 2.06 bits per heavy atom. The summed E-state index contributed by atoms with van der Waals surface area (Å²) in [6.45, 7) is 10.9. The zero-order chi connectivity index (χ0) is 23.2. The van der Waals surface area contributed by atoms with Gasteiger partial charge in [0, 0.05) is 18.8 Å². The fourth-order valence-corrected chi connectivity index (χ4v) is 3.97. The monoisotopic (exact) mass is 453 g/mol. The quantitative estimate of drug-likeness (QED) is 0.443. The molecule has 0 unspecified atom stereocenters. The number of pyridine rings is 1. The summed E-state index contributed by atoms with van der Waals surface area (Å²) in [5.41, 5.74) is 1.81. The van der Waals surface area contributed by atoms with Gasteiger partial charge in [0.2, 0.25) is 11.8 Å². The number of ether oxygens (including phenoxy) is 2. The zero-order valence-electron chi connectivity index (χ0n) is 18.5. The van der Waals surface area contributed by atoms with E-state index in [4.69, 9.17) is 14.9 Å². The summed E-state index contributed by atoms with van der Waals surface area (Å²) in [7, 11) is -4.33. The highest BCUT2D eigenvalue weighted by molar-refractivity contribution is 7.94. The smallest absolute Gasteiger partial charge is 0.333 e. The molecule has 0 aromatic carbocycles. The van der Waals surface area contributed by atoms with Gasteiger partial charge in [0.25, 0.3) is 10.0 Å². The Hall–Kier alpha value is -2.82. The summed E-state index contributed by atoms with van der Waals surface area (Å²) in [5, 5.41) is 12.9. The van der Waals surface area contributed by atoms with Crippen molar-refractivity contribution in [3.05, 3.63) is 28.1 Å². The van der Waals surface area contributed by atoms with Crippen LogP contribution in [-0.4, -0.2) is 45.4 Å². The van der Waals surface area contributed by atoms with Gasteiger partial charge in [-0.25, -0.2) is 22.9 Å². The van der Waals surface area contributed by atoms with Crippen LogP contribution in [0.3, 0.4) is 0 Å². The Kier molecular flexibility index (Phi) is 8.26. The molecule has 1 fully saturated rings. The van der Waals surface area contributed by atoms with E-state index in [-0.39, 0.29) is 17.7 Å². The topological polar surface area (TPSA) is 142 Å². The molecule has 0 radical (unpaired) electrons. The SMILES string of the molecule is CCOc1cc(C(C)C)c(NC(=O)NS(=O)(=O)/C(C=N)=C2/NCCCO2)c(C(C)C)n1. The van der Waals surface area contributed by atoms with Crippen molar-refractivity contribution < 1.29 is 22.7 Å². The van der Waals surface area contributed by atoms with Gasteiger partial charge in [-0.05, 0) is 30.7 Å². The fourth-order valence-electron chi connectivity index (χ4n) is 3.03. The van der Waals surface area contributed by atoms with Gasteiger partial charge in [0.05, 0.1) is 24.6 Å². The molecule has 1 aromatic rings. The van der Waals surface area contributed by atoms with Crippen LogP contribution in [0.25, 0.3) is 0 Å². The van der Waals surface area contributed by atoms with Crippen molar-refractivity contribution in [3.8, 4) is 5.88 Å². The second-order valence-electron chi connectivity index (χ2n) is 7.58. The number of aromatic nitrogens is 1. The van der Waals surface area contributed by atoms with Crippen LogP contribution in [0.2, 0.25) is 0 Å². The molecule has 4 N–H and O–H groups in total. The van der Waals surface area contributed by atoms with Crippen molar-refractivity contribution in [1.29, 1.82) is 5.41 Å². The first-order valence-corrected chi connectivity index (χ1v) is 11.7. The highest BCUT2D eigenvalue weighted by Crippen LogP contribution is 2.34. The van der Waals surface area contributed by atoms with E-state index in [0.29, 0.717) is 49.7 Å². The third kappa shape index (κ3) is 6.09. The third-order valence-corrected chi connectivity index (χ3v) is 5.82. The lowest BCUT2D eigenvalue weighted by molar-refractivity contribution is 0.157. The van der Waals surface area contributed by atoms with E-state index in [9.17, 15) is 13.2 Å². The molecular formula is C20H31N5O5S. The van der Waals surface area contributed by atoms with Gasteiger partial charge < -0.3 is 25.5 Å². The lowest BCUT2D eigenvalue weighted by Gasteiger charge is -2.22. The maximum atomic E-state index is 12.7. The standard InChI is InChI=1S/C20H31N5O5S/c1-6-29-16-10-14(12(2)3)18(17(23-16)13(4)5)24-20(26)25-31(27,28)15(11-21)19-22-8-7-9-30-19/h10-13,21-22H,6-9H2,1-5H3,(H2,24,25,26)/b19-15-,21-11?. The number of amides is 2. The van der Waals surface area contributed by atoms with Gasteiger partial charge in [-0.1, -0.05) is 27.7 Å². The van der Waals surface area contributed by atoms with Crippen molar-refractivity contribution >= 4 is 28.0 Å². The molecule has 1 aliphatic rings. The second-order valence-corrected chi connectivity index (χ2v) is 9.23. The average Bonchev–Trinajstić information content (AvgIpc) is 2.69. The Morgan fingerprint density at radius 1 is 1.35 bits per heavy atom. The van der Waals surface area contributed by atoms with E-state index in [2.05, 4.69) is 15.6 Å². The molecule has 1 aromatic heterocycles. The molecule has 2 amide bonds. The number of allylic oxidation sites excluding steroid dienone is 1. The molecular weight excluding hydrogens is 422 g/mol. The molecule has 0 aliphatic carbocycles. The summed E-state index contributed by atoms with van der Waals surface area (Å²) in [6.07, 6.45) is 1.35. The predicted octanol–water partition coefficient (Wildman–Crippen LogP) is 3.01. The van der Waals surface area contributed by atoms with Gasteiger partial charge >= 0.3 is 6.03 Å². The first-order chi connectivity index (χ1) is 14.6. The predicted molar refractivity (Wildman–Crippen MR) is 119 cm³/mol. The Morgan fingerprint density at radius 3 is 2.58 bits per heavy atom. The van der Waals surface area contributed by atoms with Gasteiger partial charge in [-0.15, -0.1) is 0 Å². The van der Waals surface area contributed by atoms with E-state index in [0.717, 1.165) is 5.56 Å². The Balaban J connectivity index is 2.37. The zero-order valence-corrected chi connectivity index (χ0v) is 19.4. The van der Waals surface area contributed by atoms with Crippen LogP contribution in [-0.2, 0) is 14.8 Å². The van der Waals surface area contributed by atoms with Gasteiger partial charge in [0.1, 0.15) is 0 Å². The number of anilines is 1. The number of carbonyl (C=O) groups excluding carboxylic acids is 1. The highest BCUT2D eigenvalue weighted by atomic mass is 32.2. The van der Waals surface area contributed by atoms with Crippen LogP contribution in [0.4, 0.5) is 10.5 Å². The summed E-state index contributed by atoms with van der Waals surface area (Å²) >= 11 is 0. The molecule has 1 aliphatic heterocycles. The number of rotatable bonds is 8. The number of nitrogens with zero attached hydrogens (tertiary/aromatic N) is 1. The van der Waals surface area contributed by atoms with Crippen molar-refractivity contribution in [2.45, 2.75) is 52.9 Å². The van der Waals surface area contributed by atoms with E-state index < -0.39 is 21.0 Å². The minimum atomic E-state index is -4.33. The highest BCUT2D eigenvalue weighted by Gasteiger charge is 2.27. The number of nitrogens with one attached hydrogen (secondary N) is 4.